The Bertz CT molecular complexity index is 637. The number of aliphatic carboxylic acids is 1. The quantitative estimate of drug-likeness (QED) is 0.665. The standard InChI is InChI=1S/C19H26N2O5/c1-19(26,18(24)25)13-20-17(23)15-9-11-21(12-10-15)16(22)8-7-14-5-3-2-4-6-14/h2-6,15,26H,7-13H2,1H3,(H,20,23)(H,24,25). The predicted molar refractivity (Wildman–Crippen MR) is 95.3 cm³/mol. The molecule has 1 saturated heterocycles. The third kappa shape index (κ3) is 5.56. The summed E-state index contributed by atoms with van der Waals surface area (Å²) < 4.78 is 0. The number of nitrogens with zero attached hydrogens (tertiary/aromatic N) is 1. The van der Waals surface area contributed by atoms with Gasteiger partial charge >= 0.3 is 5.97 Å². The lowest BCUT2D eigenvalue weighted by atomic mass is 9.95. The number of carboxylic acid groups (broad SMARTS) is 1. The van der Waals surface area contributed by atoms with Crippen molar-refractivity contribution in [2.75, 3.05) is 19.6 Å². The first-order valence-corrected chi connectivity index (χ1v) is 8.85. The molecule has 0 bridgehead atoms. The summed E-state index contributed by atoms with van der Waals surface area (Å²) in [6.45, 7) is 1.84. The zero-order chi connectivity index (χ0) is 19.2. The van der Waals surface area contributed by atoms with Crippen molar-refractivity contribution >= 4 is 17.8 Å². The van der Waals surface area contributed by atoms with Gasteiger partial charge in [-0.05, 0) is 31.7 Å². The highest BCUT2D eigenvalue weighted by atomic mass is 16.4. The topological polar surface area (TPSA) is 107 Å². The number of aryl methyl sites for hydroxylation is 1. The van der Waals surface area contributed by atoms with Crippen molar-refractivity contribution in [3.63, 3.8) is 0 Å². The SMILES string of the molecule is CC(O)(CNC(=O)C1CCN(C(=O)CCc2ccccc2)CC1)C(=O)O. The zero-order valence-electron chi connectivity index (χ0n) is 15.0. The average Bonchev–Trinajstić information content (AvgIpc) is 2.65. The first-order chi connectivity index (χ1) is 12.3. The monoisotopic (exact) mass is 362 g/mol. The van der Waals surface area contributed by atoms with Gasteiger partial charge in [0.2, 0.25) is 11.8 Å². The maximum Gasteiger partial charge on any atom is 0.337 e. The Kier molecular flexibility index (Phi) is 6.74. The van der Waals surface area contributed by atoms with Crippen molar-refractivity contribution in [1.82, 2.24) is 10.2 Å². The van der Waals surface area contributed by atoms with Gasteiger partial charge in [-0.1, -0.05) is 30.3 Å². The summed E-state index contributed by atoms with van der Waals surface area (Å²) in [7, 11) is 0. The molecule has 1 aliphatic heterocycles. The Hall–Kier alpha value is -2.41. The van der Waals surface area contributed by atoms with Crippen LogP contribution in [0.3, 0.4) is 0 Å². The average molecular weight is 362 g/mol. The van der Waals surface area contributed by atoms with Crippen molar-refractivity contribution in [2.45, 2.75) is 38.2 Å². The fourth-order valence-electron chi connectivity index (χ4n) is 2.92. The van der Waals surface area contributed by atoms with E-state index >= 15 is 0 Å². The number of benzene rings is 1. The van der Waals surface area contributed by atoms with Gasteiger partial charge in [-0.2, -0.15) is 0 Å². The van der Waals surface area contributed by atoms with Crippen molar-refractivity contribution in [2.24, 2.45) is 5.92 Å². The molecule has 0 radical (unpaired) electrons. The van der Waals surface area contributed by atoms with Gasteiger partial charge in [0, 0.05) is 25.4 Å². The second-order valence-corrected chi connectivity index (χ2v) is 6.94. The molecule has 1 aliphatic rings. The molecule has 1 heterocycles. The third-order valence-electron chi connectivity index (χ3n) is 4.76. The molecular formula is C19H26N2O5. The number of likely N-dealkylation sites (tertiary alicyclic amines) is 1. The van der Waals surface area contributed by atoms with E-state index in [1.54, 1.807) is 4.90 Å². The minimum Gasteiger partial charge on any atom is -0.479 e. The lowest BCUT2D eigenvalue weighted by Crippen LogP contribution is -2.49. The number of carboxylic acids is 1. The van der Waals surface area contributed by atoms with E-state index in [2.05, 4.69) is 5.32 Å². The maximum absolute atomic E-state index is 12.3. The van der Waals surface area contributed by atoms with Gasteiger partial charge in [-0.15, -0.1) is 0 Å². The molecule has 1 aromatic carbocycles. The van der Waals surface area contributed by atoms with Crippen molar-refractivity contribution in [1.29, 1.82) is 0 Å². The smallest absolute Gasteiger partial charge is 0.337 e. The lowest BCUT2D eigenvalue weighted by molar-refractivity contribution is -0.156. The molecule has 1 aromatic rings. The van der Waals surface area contributed by atoms with Crippen LogP contribution in [0.4, 0.5) is 0 Å². The number of hydrogen-bond donors (Lipinski definition) is 3. The van der Waals surface area contributed by atoms with Gasteiger partial charge in [0.05, 0.1) is 6.54 Å². The molecule has 142 valence electrons. The van der Waals surface area contributed by atoms with E-state index < -0.39 is 11.6 Å². The van der Waals surface area contributed by atoms with Crippen molar-refractivity contribution in [3.05, 3.63) is 35.9 Å². The van der Waals surface area contributed by atoms with Gasteiger partial charge in [-0.25, -0.2) is 4.79 Å². The molecule has 7 nitrogen and oxygen atoms in total. The minimum absolute atomic E-state index is 0.0847. The van der Waals surface area contributed by atoms with Crippen LogP contribution in [-0.4, -0.2) is 58.1 Å². The Balaban J connectivity index is 1.73. The highest BCUT2D eigenvalue weighted by molar-refractivity contribution is 5.82. The third-order valence-corrected chi connectivity index (χ3v) is 4.76. The number of carbonyl (C=O) groups is 3. The summed E-state index contributed by atoms with van der Waals surface area (Å²) in [4.78, 5) is 37.1. The summed E-state index contributed by atoms with van der Waals surface area (Å²) in [5.41, 5.74) is -0.857. The summed E-state index contributed by atoms with van der Waals surface area (Å²) in [5, 5.41) is 21.0. The maximum atomic E-state index is 12.3. The van der Waals surface area contributed by atoms with E-state index in [1.807, 2.05) is 30.3 Å². The Morgan fingerprint density at radius 2 is 1.81 bits per heavy atom. The molecule has 0 saturated carbocycles. The molecule has 1 unspecified atom stereocenters. The molecule has 1 atom stereocenters. The summed E-state index contributed by atoms with van der Waals surface area (Å²) in [6, 6.07) is 9.83. The van der Waals surface area contributed by atoms with Gasteiger partial charge in [0.1, 0.15) is 0 Å². The largest absolute Gasteiger partial charge is 0.479 e. The van der Waals surface area contributed by atoms with E-state index in [0.29, 0.717) is 38.8 Å². The van der Waals surface area contributed by atoms with Crippen LogP contribution in [0, 0.1) is 5.92 Å². The highest BCUT2D eigenvalue weighted by Crippen LogP contribution is 2.19. The number of piperidine rings is 1. The van der Waals surface area contributed by atoms with E-state index in [-0.39, 0.29) is 24.3 Å². The van der Waals surface area contributed by atoms with Crippen LogP contribution >= 0.6 is 0 Å². The van der Waals surface area contributed by atoms with E-state index in [0.717, 1.165) is 12.5 Å². The highest BCUT2D eigenvalue weighted by Gasteiger charge is 2.32. The molecule has 3 N–H and O–H groups in total. The molecule has 7 heteroatoms. The van der Waals surface area contributed by atoms with E-state index in [1.165, 1.54) is 0 Å². The number of hydrogen-bond acceptors (Lipinski definition) is 4. The fraction of sp³-hybridized carbons (Fsp3) is 0.526. The van der Waals surface area contributed by atoms with Gasteiger partial charge < -0.3 is 20.4 Å². The van der Waals surface area contributed by atoms with Crippen LogP contribution in [0.2, 0.25) is 0 Å². The summed E-state index contributed by atoms with van der Waals surface area (Å²) in [5.74, 6) is -1.83. The summed E-state index contributed by atoms with van der Waals surface area (Å²) >= 11 is 0. The second-order valence-electron chi connectivity index (χ2n) is 6.94. The minimum atomic E-state index is -1.98. The van der Waals surface area contributed by atoms with Gasteiger partial charge in [-0.3, -0.25) is 9.59 Å². The molecule has 0 aromatic heterocycles. The second kappa shape index (κ2) is 8.80. The number of aliphatic hydroxyl groups is 1. The van der Waals surface area contributed by atoms with E-state index in [9.17, 15) is 19.5 Å². The van der Waals surface area contributed by atoms with E-state index in [4.69, 9.17) is 5.11 Å². The fourth-order valence-corrected chi connectivity index (χ4v) is 2.92. The normalized spacial score (nSPS) is 17.4. The molecule has 1 fully saturated rings. The molecule has 26 heavy (non-hydrogen) atoms. The van der Waals surface area contributed by atoms with Crippen LogP contribution in [0.1, 0.15) is 31.7 Å². The number of rotatable bonds is 7. The van der Waals surface area contributed by atoms with Crippen LogP contribution in [0.5, 0.6) is 0 Å². The Morgan fingerprint density at radius 3 is 2.38 bits per heavy atom. The molecular weight excluding hydrogens is 336 g/mol. The van der Waals surface area contributed by atoms with Crippen molar-refractivity contribution < 1.29 is 24.6 Å². The van der Waals surface area contributed by atoms with Crippen molar-refractivity contribution in [3.8, 4) is 0 Å². The Morgan fingerprint density at radius 1 is 1.19 bits per heavy atom. The molecule has 0 aliphatic carbocycles. The predicted octanol–water partition coefficient (Wildman–Crippen LogP) is 0.810. The van der Waals surface area contributed by atoms with Crippen LogP contribution in [-0.2, 0) is 20.8 Å². The molecule has 2 amide bonds. The van der Waals surface area contributed by atoms with Crippen LogP contribution < -0.4 is 5.32 Å². The number of nitrogens with one attached hydrogen (secondary N) is 1. The molecule has 0 spiro atoms. The first kappa shape index (κ1) is 19.9. The number of amides is 2. The number of carbonyl (C=O) groups excluding carboxylic acids is 2. The lowest BCUT2D eigenvalue weighted by Gasteiger charge is -2.32. The zero-order valence-corrected chi connectivity index (χ0v) is 15.0. The van der Waals surface area contributed by atoms with Gasteiger partial charge in [0.15, 0.2) is 5.60 Å². The van der Waals surface area contributed by atoms with Crippen LogP contribution in [0.15, 0.2) is 30.3 Å². The molecule has 2 rings (SSSR count). The van der Waals surface area contributed by atoms with Crippen LogP contribution in [0.25, 0.3) is 0 Å². The summed E-state index contributed by atoms with van der Waals surface area (Å²) in [6.07, 6.45) is 2.23. The first-order valence-electron chi connectivity index (χ1n) is 8.85. The van der Waals surface area contributed by atoms with Gasteiger partial charge in [0.25, 0.3) is 0 Å². The Labute approximate surface area is 153 Å².